The molecule has 112 valence electrons. The van der Waals surface area contributed by atoms with Gasteiger partial charge in [-0.15, -0.1) is 0 Å². The van der Waals surface area contributed by atoms with Crippen molar-refractivity contribution in [1.29, 1.82) is 0 Å². The lowest BCUT2D eigenvalue weighted by Gasteiger charge is -2.21. The minimum absolute atomic E-state index is 0.0353. The van der Waals surface area contributed by atoms with Crippen molar-refractivity contribution in [1.82, 2.24) is 5.32 Å². The van der Waals surface area contributed by atoms with Gasteiger partial charge in [0, 0.05) is 21.2 Å². The lowest BCUT2D eigenvalue weighted by Crippen LogP contribution is -2.35. The van der Waals surface area contributed by atoms with Gasteiger partial charge in [0.2, 0.25) is 0 Å². The van der Waals surface area contributed by atoms with E-state index < -0.39 is 0 Å². The number of hydrogen-bond acceptors (Lipinski definition) is 2. The van der Waals surface area contributed by atoms with Crippen LogP contribution in [-0.2, 0) is 6.54 Å². The Morgan fingerprint density at radius 3 is 2.38 bits per heavy atom. The summed E-state index contributed by atoms with van der Waals surface area (Å²) in [6.45, 7) is 6.78. The second-order valence-electron chi connectivity index (χ2n) is 5.91. The van der Waals surface area contributed by atoms with Crippen LogP contribution < -0.4 is 10.1 Å². The molecule has 2 aromatic rings. The van der Waals surface area contributed by atoms with Crippen LogP contribution in [0.5, 0.6) is 11.5 Å². The summed E-state index contributed by atoms with van der Waals surface area (Å²) in [4.78, 5) is 0. The highest BCUT2D eigenvalue weighted by Gasteiger charge is 2.12. The van der Waals surface area contributed by atoms with Crippen molar-refractivity contribution in [2.24, 2.45) is 0 Å². The van der Waals surface area contributed by atoms with Crippen molar-refractivity contribution >= 4 is 22.6 Å². The molecule has 0 aromatic heterocycles. The third-order valence-corrected chi connectivity index (χ3v) is 3.59. The molecule has 0 amide bonds. The Hall–Kier alpha value is -1.14. The first-order valence-corrected chi connectivity index (χ1v) is 7.88. The van der Waals surface area contributed by atoms with Gasteiger partial charge in [0.15, 0.2) is 0 Å². The van der Waals surface area contributed by atoms with Gasteiger partial charge in [0.25, 0.3) is 0 Å². The highest BCUT2D eigenvalue weighted by Crippen LogP contribution is 2.27. The molecule has 0 unspecified atom stereocenters. The monoisotopic (exact) mass is 399 g/mol. The van der Waals surface area contributed by atoms with Crippen molar-refractivity contribution < 1.29 is 9.13 Å². The van der Waals surface area contributed by atoms with Crippen molar-refractivity contribution in [3.8, 4) is 11.5 Å². The van der Waals surface area contributed by atoms with E-state index in [9.17, 15) is 4.39 Å². The zero-order valence-electron chi connectivity index (χ0n) is 12.4. The maximum Gasteiger partial charge on any atom is 0.132 e. The number of rotatable bonds is 4. The van der Waals surface area contributed by atoms with Crippen LogP contribution in [0, 0.1) is 9.39 Å². The first kappa shape index (κ1) is 16.2. The minimum Gasteiger partial charge on any atom is -0.457 e. The smallest absolute Gasteiger partial charge is 0.132 e. The van der Waals surface area contributed by atoms with E-state index in [1.54, 1.807) is 6.07 Å². The lowest BCUT2D eigenvalue weighted by atomic mass is 10.1. The van der Waals surface area contributed by atoms with Crippen LogP contribution in [0.1, 0.15) is 26.3 Å². The van der Waals surface area contributed by atoms with Gasteiger partial charge < -0.3 is 10.1 Å². The van der Waals surface area contributed by atoms with E-state index in [2.05, 4.69) is 48.7 Å². The number of ether oxygens (including phenoxy) is 1. The van der Waals surface area contributed by atoms with Crippen LogP contribution in [0.25, 0.3) is 0 Å². The standard InChI is InChI=1S/C17H19FINO/c1-17(2,3)20-11-12-10-13(18)4-9-16(12)21-15-7-5-14(19)6-8-15/h4-10,20H,11H2,1-3H3. The number of nitrogens with one attached hydrogen (secondary N) is 1. The Bertz CT molecular complexity index is 605. The Balaban J connectivity index is 2.20. The maximum atomic E-state index is 13.5. The van der Waals surface area contributed by atoms with Crippen LogP contribution in [-0.4, -0.2) is 5.54 Å². The van der Waals surface area contributed by atoms with Gasteiger partial charge >= 0.3 is 0 Å². The first-order chi connectivity index (χ1) is 9.83. The fraction of sp³-hybridized carbons (Fsp3) is 0.294. The zero-order valence-corrected chi connectivity index (χ0v) is 14.6. The average Bonchev–Trinajstić information content (AvgIpc) is 2.40. The fourth-order valence-electron chi connectivity index (χ4n) is 1.78. The van der Waals surface area contributed by atoms with Crippen molar-refractivity contribution in [2.75, 3.05) is 0 Å². The molecule has 0 aliphatic rings. The lowest BCUT2D eigenvalue weighted by molar-refractivity contribution is 0.413. The van der Waals surface area contributed by atoms with Crippen LogP contribution >= 0.6 is 22.6 Å². The Labute approximate surface area is 138 Å². The second kappa shape index (κ2) is 6.75. The fourth-order valence-corrected chi connectivity index (χ4v) is 2.14. The molecule has 0 aliphatic carbocycles. The third kappa shape index (κ3) is 5.28. The largest absolute Gasteiger partial charge is 0.457 e. The van der Waals surface area contributed by atoms with Gasteiger partial charge in [-0.3, -0.25) is 0 Å². The highest BCUT2D eigenvalue weighted by molar-refractivity contribution is 14.1. The molecule has 0 spiro atoms. The quantitative estimate of drug-likeness (QED) is 0.722. The summed E-state index contributed by atoms with van der Waals surface area (Å²) in [6, 6.07) is 12.4. The van der Waals surface area contributed by atoms with Crippen molar-refractivity contribution in [2.45, 2.75) is 32.9 Å². The van der Waals surface area contributed by atoms with Gasteiger partial charge in [-0.25, -0.2) is 4.39 Å². The summed E-state index contributed by atoms with van der Waals surface area (Å²) < 4.78 is 20.5. The molecular formula is C17H19FINO. The molecule has 21 heavy (non-hydrogen) atoms. The van der Waals surface area contributed by atoms with Gasteiger partial charge in [-0.05, 0) is 85.8 Å². The molecule has 2 rings (SSSR count). The molecule has 0 fully saturated rings. The zero-order chi connectivity index (χ0) is 15.5. The van der Waals surface area contributed by atoms with Crippen LogP contribution in [0.15, 0.2) is 42.5 Å². The summed E-state index contributed by atoms with van der Waals surface area (Å²) >= 11 is 2.25. The summed E-state index contributed by atoms with van der Waals surface area (Å²) in [7, 11) is 0. The Morgan fingerprint density at radius 1 is 1.10 bits per heavy atom. The number of benzene rings is 2. The molecule has 4 heteroatoms. The van der Waals surface area contributed by atoms with E-state index in [4.69, 9.17) is 4.74 Å². The van der Waals surface area contributed by atoms with Crippen molar-refractivity contribution in [3.05, 3.63) is 57.4 Å². The first-order valence-electron chi connectivity index (χ1n) is 6.80. The number of hydrogen-bond donors (Lipinski definition) is 1. The van der Waals surface area contributed by atoms with Gasteiger partial charge in [0.05, 0.1) is 0 Å². The molecule has 0 aliphatic heterocycles. The SMILES string of the molecule is CC(C)(C)NCc1cc(F)ccc1Oc1ccc(I)cc1. The summed E-state index contributed by atoms with van der Waals surface area (Å²) in [6.07, 6.45) is 0. The van der Waals surface area contributed by atoms with E-state index in [1.807, 2.05) is 24.3 Å². The van der Waals surface area contributed by atoms with E-state index >= 15 is 0 Å². The molecule has 0 saturated carbocycles. The maximum absolute atomic E-state index is 13.5. The van der Waals surface area contributed by atoms with Crippen LogP contribution in [0.3, 0.4) is 0 Å². The van der Waals surface area contributed by atoms with E-state index in [1.165, 1.54) is 12.1 Å². The normalized spacial score (nSPS) is 11.5. The molecular weight excluding hydrogens is 380 g/mol. The van der Waals surface area contributed by atoms with Crippen molar-refractivity contribution in [3.63, 3.8) is 0 Å². The molecule has 0 radical (unpaired) electrons. The van der Waals surface area contributed by atoms with Gasteiger partial charge in [0.1, 0.15) is 17.3 Å². The van der Waals surface area contributed by atoms with Crippen LogP contribution in [0.4, 0.5) is 4.39 Å². The summed E-state index contributed by atoms with van der Waals surface area (Å²) in [5.41, 5.74) is 0.774. The Kier molecular flexibility index (Phi) is 5.22. The molecule has 2 nitrogen and oxygen atoms in total. The molecule has 0 atom stereocenters. The van der Waals surface area contributed by atoms with Crippen LogP contribution in [0.2, 0.25) is 0 Å². The minimum atomic E-state index is -0.254. The molecule has 0 bridgehead atoms. The molecule has 0 saturated heterocycles. The van der Waals surface area contributed by atoms with E-state index in [0.29, 0.717) is 12.3 Å². The average molecular weight is 399 g/mol. The predicted molar refractivity (Wildman–Crippen MR) is 92.2 cm³/mol. The third-order valence-electron chi connectivity index (χ3n) is 2.87. The molecule has 1 N–H and O–H groups in total. The number of halogens is 2. The van der Waals surface area contributed by atoms with Gasteiger partial charge in [-0.2, -0.15) is 0 Å². The van der Waals surface area contributed by atoms with E-state index in [-0.39, 0.29) is 11.4 Å². The molecule has 0 heterocycles. The Morgan fingerprint density at radius 2 is 1.76 bits per heavy atom. The second-order valence-corrected chi connectivity index (χ2v) is 7.16. The van der Waals surface area contributed by atoms with Gasteiger partial charge in [-0.1, -0.05) is 0 Å². The summed E-state index contributed by atoms with van der Waals surface area (Å²) in [5.74, 6) is 1.17. The molecule has 2 aromatic carbocycles. The highest BCUT2D eigenvalue weighted by atomic mass is 127. The topological polar surface area (TPSA) is 21.3 Å². The van der Waals surface area contributed by atoms with E-state index in [0.717, 1.165) is 14.9 Å². The summed E-state index contributed by atoms with van der Waals surface area (Å²) in [5, 5.41) is 3.35. The predicted octanol–water partition coefficient (Wildman–Crippen LogP) is 5.11.